The molecule has 1 unspecified atom stereocenters. The average Bonchev–Trinajstić information content (AvgIpc) is 2.84. The summed E-state index contributed by atoms with van der Waals surface area (Å²) in [6.07, 6.45) is 2.46. The fourth-order valence-electron chi connectivity index (χ4n) is 1.80. The van der Waals surface area contributed by atoms with Crippen molar-refractivity contribution in [2.45, 2.75) is 38.5 Å². The lowest BCUT2D eigenvalue weighted by atomic mass is 10.1. The highest BCUT2D eigenvalue weighted by Gasteiger charge is 2.13. The maximum absolute atomic E-state index is 6.06. The number of hydrogen-bond donors (Lipinski definition) is 0. The molecule has 4 heteroatoms. The first-order valence-electron chi connectivity index (χ1n) is 6.21. The minimum absolute atomic E-state index is 0.151. The van der Waals surface area contributed by atoms with Crippen LogP contribution < -0.4 is 0 Å². The highest BCUT2D eigenvalue weighted by atomic mass is 35.5. The summed E-state index contributed by atoms with van der Waals surface area (Å²) in [4.78, 5) is 4.31. The summed E-state index contributed by atoms with van der Waals surface area (Å²) in [5.41, 5.74) is 2.55. The predicted molar refractivity (Wildman–Crippen MR) is 71.8 cm³/mol. The third kappa shape index (κ3) is 3.33. The largest absolute Gasteiger partial charge is 0.339 e. The molecule has 0 aliphatic heterocycles. The normalized spacial score (nSPS) is 12.6. The van der Waals surface area contributed by atoms with Gasteiger partial charge >= 0.3 is 0 Å². The summed E-state index contributed by atoms with van der Waals surface area (Å²) in [7, 11) is 0. The van der Waals surface area contributed by atoms with Gasteiger partial charge in [0.15, 0.2) is 5.82 Å². The van der Waals surface area contributed by atoms with Gasteiger partial charge in [-0.15, -0.1) is 11.6 Å². The predicted octanol–water partition coefficient (Wildman–Crippen LogP) is 3.85. The van der Waals surface area contributed by atoms with Gasteiger partial charge < -0.3 is 4.52 Å². The summed E-state index contributed by atoms with van der Waals surface area (Å²) < 4.78 is 5.19. The number of halogens is 1. The van der Waals surface area contributed by atoms with Gasteiger partial charge in [0.25, 0.3) is 0 Å². The second-order valence-electron chi connectivity index (χ2n) is 4.41. The molecule has 1 aromatic carbocycles. The Morgan fingerprint density at radius 3 is 2.89 bits per heavy atom. The van der Waals surface area contributed by atoms with E-state index in [9.17, 15) is 0 Å². The number of alkyl halides is 1. The van der Waals surface area contributed by atoms with Crippen LogP contribution in [0.15, 0.2) is 28.8 Å². The highest BCUT2D eigenvalue weighted by Crippen LogP contribution is 2.20. The third-order valence-electron chi connectivity index (χ3n) is 2.83. The summed E-state index contributed by atoms with van der Waals surface area (Å²) >= 11 is 6.06. The molecule has 1 heterocycles. The third-order valence-corrected chi connectivity index (χ3v) is 3.34. The van der Waals surface area contributed by atoms with Gasteiger partial charge in [-0.05, 0) is 25.3 Å². The minimum Gasteiger partial charge on any atom is -0.339 e. The van der Waals surface area contributed by atoms with Crippen LogP contribution in [0.4, 0.5) is 0 Å². The lowest BCUT2D eigenvalue weighted by Crippen LogP contribution is -1.94. The smallest absolute Gasteiger partial charge is 0.227 e. The first-order chi connectivity index (χ1) is 8.69. The monoisotopic (exact) mass is 264 g/mol. The molecule has 0 aliphatic rings. The Balaban J connectivity index is 1.96. The molecule has 18 heavy (non-hydrogen) atoms. The summed E-state index contributed by atoms with van der Waals surface area (Å²) in [6, 6.07) is 8.44. The van der Waals surface area contributed by atoms with Gasteiger partial charge in [-0.1, -0.05) is 41.9 Å². The van der Waals surface area contributed by atoms with Crippen LogP contribution in [0.2, 0.25) is 0 Å². The van der Waals surface area contributed by atoms with Crippen LogP contribution in [0.1, 0.15) is 41.6 Å². The van der Waals surface area contributed by atoms with Crippen molar-refractivity contribution in [2.24, 2.45) is 0 Å². The number of nitrogens with zero attached hydrogens (tertiary/aromatic N) is 2. The van der Waals surface area contributed by atoms with Crippen molar-refractivity contribution in [3.05, 3.63) is 47.1 Å². The van der Waals surface area contributed by atoms with Gasteiger partial charge in [0.1, 0.15) is 0 Å². The molecule has 3 nitrogen and oxygen atoms in total. The van der Waals surface area contributed by atoms with Crippen LogP contribution in [0.3, 0.4) is 0 Å². The SMILES string of the molecule is CCC(Cl)c1noc(CCc2cccc(C)c2)n1. The van der Waals surface area contributed by atoms with Crippen molar-refractivity contribution in [2.75, 3.05) is 0 Å². The molecule has 0 bridgehead atoms. The highest BCUT2D eigenvalue weighted by molar-refractivity contribution is 6.20. The number of aromatic nitrogens is 2. The van der Waals surface area contributed by atoms with Crippen molar-refractivity contribution in [3.63, 3.8) is 0 Å². The maximum atomic E-state index is 6.06. The zero-order valence-electron chi connectivity index (χ0n) is 10.7. The zero-order valence-corrected chi connectivity index (χ0v) is 11.4. The molecular weight excluding hydrogens is 248 g/mol. The molecule has 2 aromatic rings. The minimum atomic E-state index is -0.151. The molecule has 1 aromatic heterocycles. The second-order valence-corrected chi connectivity index (χ2v) is 4.94. The van der Waals surface area contributed by atoms with Crippen molar-refractivity contribution in [1.82, 2.24) is 10.1 Å². The van der Waals surface area contributed by atoms with Gasteiger partial charge in [-0.25, -0.2) is 0 Å². The van der Waals surface area contributed by atoms with E-state index in [1.807, 2.05) is 6.92 Å². The summed E-state index contributed by atoms with van der Waals surface area (Å²) in [5, 5.41) is 3.75. The van der Waals surface area contributed by atoms with Gasteiger partial charge in [0, 0.05) is 6.42 Å². The van der Waals surface area contributed by atoms with Crippen molar-refractivity contribution in [3.8, 4) is 0 Å². The Morgan fingerprint density at radius 1 is 1.33 bits per heavy atom. The quantitative estimate of drug-likeness (QED) is 0.770. The van der Waals surface area contributed by atoms with Crippen LogP contribution in [-0.2, 0) is 12.8 Å². The van der Waals surface area contributed by atoms with E-state index in [1.165, 1.54) is 11.1 Å². The van der Waals surface area contributed by atoms with E-state index in [1.54, 1.807) is 0 Å². The van der Waals surface area contributed by atoms with E-state index in [2.05, 4.69) is 41.3 Å². The molecule has 0 aliphatic carbocycles. The van der Waals surface area contributed by atoms with Crippen molar-refractivity contribution in [1.29, 1.82) is 0 Å². The molecule has 0 N–H and O–H groups in total. The Hall–Kier alpha value is -1.35. The fraction of sp³-hybridized carbons (Fsp3) is 0.429. The molecular formula is C14H17ClN2O. The van der Waals surface area contributed by atoms with Crippen molar-refractivity contribution < 1.29 is 4.52 Å². The first-order valence-corrected chi connectivity index (χ1v) is 6.64. The second kappa shape index (κ2) is 6.01. The number of aryl methyl sites for hydroxylation is 3. The van der Waals surface area contributed by atoms with E-state index in [0.717, 1.165) is 19.3 Å². The zero-order chi connectivity index (χ0) is 13.0. The van der Waals surface area contributed by atoms with E-state index in [4.69, 9.17) is 16.1 Å². The summed E-state index contributed by atoms with van der Waals surface area (Å²) in [5.74, 6) is 1.25. The fourth-order valence-corrected chi connectivity index (χ4v) is 1.89. The molecule has 0 saturated carbocycles. The van der Waals surface area contributed by atoms with Gasteiger partial charge in [-0.3, -0.25) is 0 Å². The van der Waals surface area contributed by atoms with E-state index in [0.29, 0.717) is 11.7 Å². The molecule has 0 fully saturated rings. The number of hydrogen-bond acceptors (Lipinski definition) is 3. The Labute approximate surface area is 112 Å². The maximum Gasteiger partial charge on any atom is 0.227 e. The molecule has 0 spiro atoms. The molecule has 2 rings (SSSR count). The average molecular weight is 265 g/mol. The van der Waals surface area contributed by atoms with E-state index < -0.39 is 0 Å². The number of benzene rings is 1. The van der Waals surface area contributed by atoms with Crippen LogP contribution >= 0.6 is 11.6 Å². The first kappa shape index (κ1) is 13.1. The van der Waals surface area contributed by atoms with Gasteiger partial charge in [0.05, 0.1) is 5.38 Å². The molecule has 96 valence electrons. The van der Waals surface area contributed by atoms with Crippen LogP contribution in [0.25, 0.3) is 0 Å². The Kier molecular flexibility index (Phi) is 4.37. The summed E-state index contributed by atoms with van der Waals surface area (Å²) in [6.45, 7) is 4.09. The van der Waals surface area contributed by atoms with Crippen LogP contribution in [-0.4, -0.2) is 10.1 Å². The number of rotatable bonds is 5. The van der Waals surface area contributed by atoms with Crippen molar-refractivity contribution >= 4 is 11.6 Å². The van der Waals surface area contributed by atoms with Crippen LogP contribution in [0, 0.1) is 6.92 Å². The lowest BCUT2D eigenvalue weighted by Gasteiger charge is -1.99. The molecule has 0 amide bonds. The Morgan fingerprint density at radius 2 is 2.17 bits per heavy atom. The van der Waals surface area contributed by atoms with E-state index in [-0.39, 0.29) is 5.38 Å². The lowest BCUT2D eigenvalue weighted by molar-refractivity contribution is 0.372. The van der Waals surface area contributed by atoms with Gasteiger partial charge in [0.2, 0.25) is 5.89 Å². The van der Waals surface area contributed by atoms with Crippen LogP contribution in [0.5, 0.6) is 0 Å². The molecule has 1 atom stereocenters. The molecule has 0 saturated heterocycles. The Bertz CT molecular complexity index is 510. The standard InChI is InChI=1S/C14H17ClN2O/c1-3-12(15)14-16-13(18-17-14)8-7-11-6-4-5-10(2)9-11/h4-6,9,12H,3,7-8H2,1-2H3. The van der Waals surface area contributed by atoms with E-state index >= 15 is 0 Å². The topological polar surface area (TPSA) is 38.9 Å². The molecule has 0 radical (unpaired) electrons. The van der Waals surface area contributed by atoms with Gasteiger partial charge in [-0.2, -0.15) is 4.98 Å².